The van der Waals surface area contributed by atoms with Gasteiger partial charge < -0.3 is 20.1 Å². The molecule has 0 saturated heterocycles. The van der Waals surface area contributed by atoms with Gasteiger partial charge in [0.15, 0.2) is 12.7 Å². The van der Waals surface area contributed by atoms with Crippen molar-refractivity contribution in [3.63, 3.8) is 0 Å². The standard InChI is InChI=1S/C29H26N2O4/c1-21(35-27-17-15-23(16-18-27)22-9-4-2-5-10-22)29(33)31-25-12-8-11-24(19-25)30-28(32)20-34-26-13-6-3-7-14-26/h2-19,21H,20H2,1H3,(H,30,32)(H,31,33). The largest absolute Gasteiger partial charge is 0.484 e. The van der Waals surface area contributed by atoms with E-state index in [1.165, 1.54) is 0 Å². The molecule has 0 spiro atoms. The van der Waals surface area contributed by atoms with Gasteiger partial charge in [0.2, 0.25) is 0 Å². The normalized spacial score (nSPS) is 11.2. The number of carbonyl (C=O) groups excluding carboxylic acids is 2. The second-order valence-corrected chi connectivity index (χ2v) is 7.87. The molecule has 0 fully saturated rings. The second kappa shape index (κ2) is 11.5. The van der Waals surface area contributed by atoms with Crippen molar-refractivity contribution in [1.29, 1.82) is 0 Å². The highest BCUT2D eigenvalue weighted by Crippen LogP contribution is 2.23. The van der Waals surface area contributed by atoms with E-state index >= 15 is 0 Å². The fourth-order valence-corrected chi connectivity index (χ4v) is 3.40. The average molecular weight is 467 g/mol. The maximum atomic E-state index is 12.7. The molecule has 0 saturated carbocycles. The molecule has 1 unspecified atom stereocenters. The summed E-state index contributed by atoms with van der Waals surface area (Å²) in [5.41, 5.74) is 3.28. The van der Waals surface area contributed by atoms with Crippen molar-refractivity contribution >= 4 is 23.2 Å². The Morgan fingerprint density at radius 2 is 1.29 bits per heavy atom. The molecule has 4 rings (SSSR count). The van der Waals surface area contributed by atoms with Crippen LogP contribution in [0.3, 0.4) is 0 Å². The molecule has 2 N–H and O–H groups in total. The van der Waals surface area contributed by atoms with E-state index in [1.54, 1.807) is 43.3 Å². The maximum absolute atomic E-state index is 12.7. The predicted molar refractivity (Wildman–Crippen MR) is 138 cm³/mol. The van der Waals surface area contributed by atoms with Crippen molar-refractivity contribution in [2.24, 2.45) is 0 Å². The number of carbonyl (C=O) groups is 2. The molecule has 2 amide bonds. The summed E-state index contributed by atoms with van der Waals surface area (Å²) >= 11 is 0. The Bertz CT molecular complexity index is 1260. The van der Waals surface area contributed by atoms with Crippen molar-refractivity contribution in [3.05, 3.63) is 109 Å². The lowest BCUT2D eigenvalue weighted by atomic mass is 10.1. The smallest absolute Gasteiger partial charge is 0.265 e. The first-order valence-corrected chi connectivity index (χ1v) is 11.3. The monoisotopic (exact) mass is 466 g/mol. The van der Waals surface area contributed by atoms with Crippen LogP contribution in [0, 0.1) is 0 Å². The van der Waals surface area contributed by atoms with Crippen LogP contribution in [0.25, 0.3) is 11.1 Å². The van der Waals surface area contributed by atoms with E-state index in [9.17, 15) is 9.59 Å². The van der Waals surface area contributed by atoms with Gasteiger partial charge in [0.25, 0.3) is 11.8 Å². The maximum Gasteiger partial charge on any atom is 0.265 e. The number of anilines is 2. The molecule has 4 aromatic rings. The Kier molecular flexibility index (Phi) is 7.76. The third-order valence-electron chi connectivity index (χ3n) is 5.17. The molecule has 0 radical (unpaired) electrons. The molecule has 1 atom stereocenters. The first kappa shape index (κ1) is 23.6. The highest BCUT2D eigenvalue weighted by molar-refractivity contribution is 5.96. The lowest BCUT2D eigenvalue weighted by Crippen LogP contribution is -2.30. The van der Waals surface area contributed by atoms with Gasteiger partial charge in [-0.25, -0.2) is 0 Å². The minimum Gasteiger partial charge on any atom is -0.484 e. The first-order chi connectivity index (χ1) is 17.1. The van der Waals surface area contributed by atoms with Crippen LogP contribution in [-0.2, 0) is 9.59 Å². The van der Waals surface area contributed by atoms with E-state index in [4.69, 9.17) is 9.47 Å². The zero-order valence-corrected chi connectivity index (χ0v) is 19.3. The predicted octanol–water partition coefficient (Wildman–Crippen LogP) is 5.78. The van der Waals surface area contributed by atoms with Crippen molar-refractivity contribution in [2.45, 2.75) is 13.0 Å². The fraction of sp³-hybridized carbons (Fsp3) is 0.103. The van der Waals surface area contributed by atoms with Gasteiger partial charge in [-0.1, -0.05) is 66.7 Å². The van der Waals surface area contributed by atoms with Crippen LogP contribution >= 0.6 is 0 Å². The molecule has 6 nitrogen and oxygen atoms in total. The van der Waals surface area contributed by atoms with Gasteiger partial charge in [-0.3, -0.25) is 9.59 Å². The molecule has 0 heterocycles. The number of amides is 2. The zero-order valence-electron chi connectivity index (χ0n) is 19.3. The SMILES string of the molecule is CC(Oc1ccc(-c2ccccc2)cc1)C(=O)Nc1cccc(NC(=O)COc2ccccc2)c1. The number of ether oxygens (including phenoxy) is 2. The molecule has 35 heavy (non-hydrogen) atoms. The van der Waals surface area contributed by atoms with Gasteiger partial charge in [0.05, 0.1) is 0 Å². The molecule has 6 heteroatoms. The van der Waals surface area contributed by atoms with E-state index in [-0.39, 0.29) is 18.4 Å². The van der Waals surface area contributed by atoms with Gasteiger partial charge in [-0.15, -0.1) is 0 Å². The summed E-state index contributed by atoms with van der Waals surface area (Å²) in [5, 5.41) is 5.59. The fourth-order valence-electron chi connectivity index (χ4n) is 3.40. The number of rotatable bonds is 9. The number of nitrogens with one attached hydrogen (secondary N) is 2. The highest BCUT2D eigenvalue weighted by Gasteiger charge is 2.15. The Morgan fingerprint density at radius 1 is 0.686 bits per heavy atom. The van der Waals surface area contributed by atoms with Crippen molar-refractivity contribution in [1.82, 2.24) is 0 Å². The summed E-state index contributed by atoms with van der Waals surface area (Å²) in [7, 11) is 0. The average Bonchev–Trinajstić information content (AvgIpc) is 2.89. The second-order valence-electron chi connectivity index (χ2n) is 7.87. The van der Waals surface area contributed by atoms with Gasteiger partial charge in [-0.05, 0) is 60.5 Å². The molecular weight excluding hydrogens is 440 g/mol. The lowest BCUT2D eigenvalue weighted by Gasteiger charge is -2.16. The number of hydrogen-bond donors (Lipinski definition) is 2. The number of benzene rings is 4. The van der Waals surface area contributed by atoms with Gasteiger partial charge >= 0.3 is 0 Å². The molecular formula is C29H26N2O4. The van der Waals surface area contributed by atoms with Crippen LogP contribution in [-0.4, -0.2) is 24.5 Å². The van der Waals surface area contributed by atoms with Crippen LogP contribution < -0.4 is 20.1 Å². The summed E-state index contributed by atoms with van der Waals surface area (Å²) in [4.78, 5) is 24.9. The number of hydrogen-bond acceptors (Lipinski definition) is 4. The summed E-state index contributed by atoms with van der Waals surface area (Å²) < 4.78 is 11.3. The lowest BCUT2D eigenvalue weighted by molar-refractivity contribution is -0.122. The Labute approximate surface area is 204 Å². The third kappa shape index (κ3) is 6.95. The minimum absolute atomic E-state index is 0.117. The summed E-state index contributed by atoms with van der Waals surface area (Å²) in [6.45, 7) is 1.57. The van der Waals surface area contributed by atoms with E-state index in [0.717, 1.165) is 11.1 Å². The quantitative estimate of drug-likeness (QED) is 0.328. The molecule has 0 aliphatic heterocycles. The van der Waals surface area contributed by atoms with E-state index in [1.807, 2.05) is 72.8 Å². The Balaban J connectivity index is 1.29. The van der Waals surface area contributed by atoms with Gasteiger partial charge in [0.1, 0.15) is 11.5 Å². The van der Waals surface area contributed by atoms with Crippen molar-refractivity contribution in [3.8, 4) is 22.6 Å². The molecule has 0 aliphatic carbocycles. The molecule has 4 aromatic carbocycles. The van der Waals surface area contributed by atoms with Crippen LogP contribution in [0.1, 0.15) is 6.92 Å². The van der Waals surface area contributed by atoms with Crippen LogP contribution in [0.15, 0.2) is 109 Å². The zero-order chi connectivity index (χ0) is 24.5. The first-order valence-electron chi connectivity index (χ1n) is 11.3. The molecule has 0 bridgehead atoms. The summed E-state index contributed by atoms with van der Waals surface area (Å²) in [6, 6.07) is 33.7. The molecule has 0 aromatic heterocycles. The summed E-state index contributed by atoms with van der Waals surface area (Å²) in [6.07, 6.45) is -0.713. The number of para-hydroxylation sites is 1. The molecule has 176 valence electrons. The Morgan fingerprint density at radius 3 is 1.97 bits per heavy atom. The highest BCUT2D eigenvalue weighted by atomic mass is 16.5. The van der Waals surface area contributed by atoms with E-state index in [0.29, 0.717) is 22.9 Å². The Hall–Kier alpha value is -4.58. The van der Waals surface area contributed by atoms with E-state index < -0.39 is 6.10 Å². The molecule has 0 aliphatic rings. The van der Waals surface area contributed by atoms with Crippen LogP contribution in [0.5, 0.6) is 11.5 Å². The summed E-state index contributed by atoms with van der Waals surface area (Å²) in [5.74, 6) is 0.625. The topological polar surface area (TPSA) is 76.7 Å². The van der Waals surface area contributed by atoms with Crippen LogP contribution in [0.4, 0.5) is 11.4 Å². The van der Waals surface area contributed by atoms with Crippen molar-refractivity contribution < 1.29 is 19.1 Å². The van der Waals surface area contributed by atoms with Crippen molar-refractivity contribution in [2.75, 3.05) is 17.2 Å². The third-order valence-corrected chi connectivity index (χ3v) is 5.17. The van der Waals surface area contributed by atoms with Gasteiger partial charge in [-0.2, -0.15) is 0 Å². The minimum atomic E-state index is -0.713. The van der Waals surface area contributed by atoms with E-state index in [2.05, 4.69) is 10.6 Å². The van der Waals surface area contributed by atoms with Gasteiger partial charge in [0, 0.05) is 11.4 Å². The van der Waals surface area contributed by atoms with Crippen LogP contribution in [0.2, 0.25) is 0 Å².